The molecule has 2 aromatic rings. The molecule has 0 aliphatic heterocycles. The summed E-state index contributed by atoms with van der Waals surface area (Å²) in [5.74, 6) is -0.123. The quantitative estimate of drug-likeness (QED) is 0.756. The number of Topliss-reactive ketones (excluding diaryl/α,β-unsaturated/α-hetero) is 1. The summed E-state index contributed by atoms with van der Waals surface area (Å²) in [4.78, 5) is 26.3. The van der Waals surface area contributed by atoms with Gasteiger partial charge in [0.1, 0.15) is 0 Å². The Balaban J connectivity index is 2.76. The third-order valence-electron chi connectivity index (χ3n) is 2.41. The fourth-order valence-electron chi connectivity index (χ4n) is 1.57. The highest BCUT2D eigenvalue weighted by Crippen LogP contribution is 2.07. The van der Waals surface area contributed by atoms with Crippen LogP contribution in [0.4, 0.5) is 0 Å². The lowest BCUT2D eigenvalue weighted by Crippen LogP contribution is -2.15. The van der Waals surface area contributed by atoms with Gasteiger partial charge < -0.3 is 4.98 Å². The van der Waals surface area contributed by atoms with Gasteiger partial charge in [-0.3, -0.25) is 9.59 Å². The van der Waals surface area contributed by atoms with E-state index in [-0.39, 0.29) is 16.8 Å². The summed E-state index contributed by atoms with van der Waals surface area (Å²) < 4.78 is 0. The van der Waals surface area contributed by atoms with Gasteiger partial charge >= 0.3 is 0 Å². The average Bonchev–Trinajstić information content (AvgIpc) is 2.29. The van der Waals surface area contributed by atoms with Gasteiger partial charge in [0.15, 0.2) is 11.2 Å². The van der Waals surface area contributed by atoms with Crippen molar-refractivity contribution in [3.05, 3.63) is 46.2 Å². The monoisotopic (exact) mass is 201 g/mol. The Morgan fingerprint density at radius 1 is 1.33 bits per heavy atom. The normalized spacial score (nSPS) is 10.5. The van der Waals surface area contributed by atoms with Gasteiger partial charge in [-0.25, -0.2) is 0 Å². The molecule has 0 aliphatic rings. The SMILES string of the molecule is CCC(=O)c1c[nH]c2ccccc2c1=O. The van der Waals surface area contributed by atoms with Crippen molar-refractivity contribution in [3.8, 4) is 0 Å². The number of nitrogens with one attached hydrogen (secondary N) is 1. The molecule has 0 bridgehead atoms. The summed E-state index contributed by atoms with van der Waals surface area (Å²) in [5.41, 5.74) is 0.822. The number of benzene rings is 1. The lowest BCUT2D eigenvalue weighted by molar-refractivity contribution is 0.0987. The van der Waals surface area contributed by atoms with Gasteiger partial charge in [-0.15, -0.1) is 0 Å². The minimum atomic E-state index is -0.184. The number of pyridine rings is 1. The Morgan fingerprint density at radius 2 is 2.07 bits per heavy atom. The Labute approximate surface area is 86.8 Å². The molecule has 0 radical (unpaired) electrons. The van der Waals surface area contributed by atoms with Crippen molar-refractivity contribution in [3.63, 3.8) is 0 Å². The molecular formula is C12H11NO2. The van der Waals surface area contributed by atoms with Crippen molar-refractivity contribution in [1.29, 1.82) is 0 Å². The molecule has 1 heterocycles. The molecule has 0 saturated heterocycles. The molecule has 0 aliphatic carbocycles. The van der Waals surface area contributed by atoms with Gasteiger partial charge in [-0.05, 0) is 12.1 Å². The maximum Gasteiger partial charge on any atom is 0.200 e. The van der Waals surface area contributed by atoms with Crippen LogP contribution >= 0.6 is 0 Å². The number of hydrogen-bond donors (Lipinski definition) is 1. The summed E-state index contributed by atoms with van der Waals surface area (Å²) in [6.07, 6.45) is 1.85. The Hall–Kier alpha value is -1.90. The summed E-state index contributed by atoms with van der Waals surface area (Å²) in [5, 5.41) is 0.566. The van der Waals surface area contributed by atoms with E-state index in [9.17, 15) is 9.59 Å². The first-order chi connectivity index (χ1) is 7.24. The van der Waals surface area contributed by atoms with Crippen LogP contribution in [0.5, 0.6) is 0 Å². The Morgan fingerprint density at radius 3 is 2.80 bits per heavy atom. The molecule has 3 nitrogen and oxygen atoms in total. The molecule has 3 heteroatoms. The molecule has 0 fully saturated rings. The number of hydrogen-bond acceptors (Lipinski definition) is 2. The summed E-state index contributed by atoms with van der Waals surface area (Å²) in [6.45, 7) is 1.75. The molecule has 0 saturated carbocycles. The number of carbonyl (C=O) groups is 1. The Bertz CT molecular complexity index is 569. The average molecular weight is 201 g/mol. The van der Waals surface area contributed by atoms with Gasteiger partial charge in [-0.1, -0.05) is 19.1 Å². The third-order valence-corrected chi connectivity index (χ3v) is 2.41. The maximum atomic E-state index is 11.9. The predicted molar refractivity (Wildman–Crippen MR) is 59.2 cm³/mol. The molecule has 0 amide bonds. The molecule has 1 aromatic heterocycles. The number of carbonyl (C=O) groups excluding carboxylic acids is 1. The van der Waals surface area contributed by atoms with E-state index < -0.39 is 0 Å². The lowest BCUT2D eigenvalue weighted by atomic mass is 10.1. The standard InChI is InChI=1S/C12H11NO2/c1-2-11(14)9-7-13-10-6-4-3-5-8(10)12(9)15/h3-7H,2H2,1H3,(H,13,15). The van der Waals surface area contributed by atoms with Crippen molar-refractivity contribution in [1.82, 2.24) is 4.98 Å². The number of fused-ring (bicyclic) bond motifs is 1. The number of ketones is 1. The van der Waals surface area contributed by atoms with Gasteiger partial charge in [0, 0.05) is 23.5 Å². The third kappa shape index (κ3) is 1.56. The highest BCUT2D eigenvalue weighted by Gasteiger charge is 2.10. The van der Waals surface area contributed by atoms with E-state index in [4.69, 9.17) is 0 Å². The minimum absolute atomic E-state index is 0.123. The van der Waals surface area contributed by atoms with E-state index in [2.05, 4.69) is 4.98 Å². The number of H-pyrrole nitrogens is 1. The summed E-state index contributed by atoms with van der Waals surface area (Å²) in [7, 11) is 0. The van der Waals surface area contributed by atoms with Crippen LogP contribution < -0.4 is 5.43 Å². The fraction of sp³-hybridized carbons (Fsp3) is 0.167. The van der Waals surface area contributed by atoms with Gasteiger partial charge in [0.05, 0.1) is 5.56 Å². The second-order valence-electron chi connectivity index (χ2n) is 3.35. The first-order valence-corrected chi connectivity index (χ1v) is 4.87. The number of aromatic amines is 1. The largest absolute Gasteiger partial charge is 0.360 e. The van der Waals surface area contributed by atoms with Crippen molar-refractivity contribution in [2.45, 2.75) is 13.3 Å². The molecule has 2 rings (SSSR count). The van der Waals surface area contributed by atoms with Crippen LogP contribution in [0, 0.1) is 0 Å². The Kier molecular flexibility index (Phi) is 2.37. The molecule has 76 valence electrons. The molecule has 0 unspecified atom stereocenters. The maximum absolute atomic E-state index is 11.9. The zero-order valence-electron chi connectivity index (χ0n) is 8.41. The number of aromatic nitrogens is 1. The van der Waals surface area contributed by atoms with E-state index in [1.807, 2.05) is 12.1 Å². The van der Waals surface area contributed by atoms with Crippen LogP contribution in [-0.4, -0.2) is 10.8 Å². The van der Waals surface area contributed by atoms with Crippen molar-refractivity contribution in [2.24, 2.45) is 0 Å². The predicted octanol–water partition coefficient (Wildman–Crippen LogP) is 2.12. The molecule has 0 spiro atoms. The van der Waals surface area contributed by atoms with Crippen LogP contribution in [0.2, 0.25) is 0 Å². The van der Waals surface area contributed by atoms with Crippen molar-refractivity contribution < 1.29 is 4.79 Å². The molecule has 1 aromatic carbocycles. The molecule has 0 atom stereocenters. The first kappa shape index (κ1) is 9.65. The smallest absolute Gasteiger partial charge is 0.200 e. The van der Waals surface area contributed by atoms with Crippen molar-refractivity contribution in [2.75, 3.05) is 0 Å². The van der Waals surface area contributed by atoms with Crippen LogP contribution in [0.25, 0.3) is 10.9 Å². The van der Waals surface area contributed by atoms with E-state index in [1.165, 1.54) is 6.20 Å². The van der Waals surface area contributed by atoms with Gasteiger partial charge in [0.2, 0.25) is 0 Å². The molecule has 15 heavy (non-hydrogen) atoms. The zero-order chi connectivity index (χ0) is 10.8. The molecular weight excluding hydrogens is 190 g/mol. The van der Waals surface area contributed by atoms with E-state index >= 15 is 0 Å². The van der Waals surface area contributed by atoms with E-state index in [0.29, 0.717) is 11.8 Å². The van der Waals surface area contributed by atoms with Crippen molar-refractivity contribution >= 4 is 16.7 Å². The van der Waals surface area contributed by atoms with Gasteiger partial charge in [-0.2, -0.15) is 0 Å². The van der Waals surface area contributed by atoms with Crippen LogP contribution in [0.3, 0.4) is 0 Å². The van der Waals surface area contributed by atoms with E-state index in [0.717, 1.165) is 5.52 Å². The van der Waals surface area contributed by atoms with E-state index in [1.54, 1.807) is 19.1 Å². The van der Waals surface area contributed by atoms with Crippen LogP contribution in [-0.2, 0) is 0 Å². The summed E-state index contributed by atoms with van der Waals surface area (Å²) in [6, 6.07) is 7.18. The van der Waals surface area contributed by atoms with Gasteiger partial charge in [0.25, 0.3) is 0 Å². The fourth-order valence-corrected chi connectivity index (χ4v) is 1.57. The first-order valence-electron chi connectivity index (χ1n) is 4.87. The minimum Gasteiger partial charge on any atom is -0.360 e. The summed E-state index contributed by atoms with van der Waals surface area (Å²) >= 11 is 0. The number of para-hydroxylation sites is 1. The highest BCUT2D eigenvalue weighted by atomic mass is 16.1. The number of rotatable bonds is 2. The topological polar surface area (TPSA) is 49.9 Å². The lowest BCUT2D eigenvalue weighted by Gasteiger charge is -2.00. The van der Waals surface area contributed by atoms with Crippen LogP contribution in [0.15, 0.2) is 35.3 Å². The van der Waals surface area contributed by atoms with Crippen LogP contribution in [0.1, 0.15) is 23.7 Å². The molecule has 1 N–H and O–H groups in total. The second kappa shape index (κ2) is 3.69. The second-order valence-corrected chi connectivity index (χ2v) is 3.35. The zero-order valence-corrected chi connectivity index (χ0v) is 8.41. The highest BCUT2D eigenvalue weighted by molar-refractivity contribution is 5.98.